The summed E-state index contributed by atoms with van der Waals surface area (Å²) in [6.07, 6.45) is 5.01. The van der Waals surface area contributed by atoms with Crippen LogP contribution in [0.1, 0.15) is 26.2 Å². The maximum atomic E-state index is 9.82. The monoisotopic (exact) mass is 146 g/mol. The van der Waals surface area contributed by atoms with Crippen LogP contribution in [0.4, 0.5) is 0 Å². The summed E-state index contributed by atoms with van der Waals surface area (Å²) in [7, 11) is 0. The van der Waals surface area contributed by atoms with Gasteiger partial charge in [0.25, 0.3) is 0 Å². The third kappa shape index (κ3) is 5.69. The lowest BCUT2D eigenvalue weighted by atomic mass is 10.2. The number of carbonyl (C=O) groups excluding carboxylic acids is 1. The minimum Gasteiger partial charge on any atom is -0.281 e. The fourth-order valence-electron chi connectivity index (χ4n) is 0.557. The van der Waals surface area contributed by atoms with Gasteiger partial charge in [-0.1, -0.05) is 32.6 Å². The van der Waals surface area contributed by atoms with Gasteiger partial charge < -0.3 is 0 Å². The van der Waals surface area contributed by atoms with Crippen LogP contribution < -0.4 is 0 Å². The predicted octanol–water partition coefficient (Wildman–Crippen LogP) is 1.39. The molecule has 2 nitrogen and oxygen atoms in total. The number of hydrogen-bond donors (Lipinski definition) is 1. The zero-order valence-corrected chi connectivity index (χ0v) is 6.53. The van der Waals surface area contributed by atoms with Crippen molar-refractivity contribution in [2.45, 2.75) is 26.2 Å². The lowest BCUT2D eigenvalue weighted by molar-refractivity contribution is 0.495. The van der Waals surface area contributed by atoms with Crippen molar-refractivity contribution in [1.82, 2.24) is 4.31 Å². The number of thiol groups is 1. The van der Waals surface area contributed by atoms with Gasteiger partial charge in [-0.05, 0) is 6.42 Å². The molecule has 0 aliphatic rings. The van der Waals surface area contributed by atoms with Gasteiger partial charge in [0.15, 0.2) is 0 Å². The lowest BCUT2D eigenvalue weighted by Gasteiger charge is -2.04. The molecule has 0 atom stereocenters. The van der Waals surface area contributed by atoms with Crippen LogP contribution in [-0.2, 0) is 4.79 Å². The molecule has 1 radical (unpaired) electrons. The van der Waals surface area contributed by atoms with Gasteiger partial charge in [-0.15, -0.1) is 0 Å². The van der Waals surface area contributed by atoms with E-state index >= 15 is 0 Å². The van der Waals surface area contributed by atoms with Crippen molar-refractivity contribution in [3.63, 3.8) is 0 Å². The SMILES string of the molecule is CCCCCN(S)[C]=O. The van der Waals surface area contributed by atoms with Gasteiger partial charge >= 0.3 is 6.41 Å². The van der Waals surface area contributed by atoms with E-state index in [9.17, 15) is 4.79 Å². The van der Waals surface area contributed by atoms with Crippen molar-refractivity contribution >= 4 is 19.2 Å². The van der Waals surface area contributed by atoms with E-state index in [1.807, 2.05) is 0 Å². The zero-order chi connectivity index (χ0) is 7.11. The van der Waals surface area contributed by atoms with Gasteiger partial charge in [-0.25, -0.2) is 0 Å². The summed E-state index contributed by atoms with van der Waals surface area (Å²) in [4.78, 5) is 9.82. The van der Waals surface area contributed by atoms with Crippen LogP contribution in [0.2, 0.25) is 0 Å². The first-order valence-corrected chi connectivity index (χ1v) is 3.55. The molecule has 9 heavy (non-hydrogen) atoms. The Labute approximate surface area is 61.8 Å². The molecule has 0 saturated carbocycles. The lowest BCUT2D eigenvalue weighted by Crippen LogP contribution is -2.10. The molecule has 53 valence electrons. The van der Waals surface area contributed by atoms with Gasteiger partial charge in [0.1, 0.15) is 0 Å². The van der Waals surface area contributed by atoms with Crippen LogP contribution in [0.5, 0.6) is 0 Å². The van der Waals surface area contributed by atoms with Crippen molar-refractivity contribution in [1.29, 1.82) is 0 Å². The van der Waals surface area contributed by atoms with Gasteiger partial charge in [-0.3, -0.25) is 9.10 Å². The normalized spacial score (nSPS) is 9.11. The molecule has 0 spiro atoms. The van der Waals surface area contributed by atoms with Gasteiger partial charge in [-0.2, -0.15) is 0 Å². The first-order valence-electron chi connectivity index (χ1n) is 3.15. The summed E-state index contributed by atoms with van der Waals surface area (Å²) in [5, 5.41) is 0. The molecule has 0 fully saturated rings. The molecule has 0 unspecified atom stereocenters. The Morgan fingerprint density at radius 1 is 1.56 bits per heavy atom. The van der Waals surface area contributed by atoms with E-state index in [1.165, 1.54) is 10.7 Å². The molecule has 0 aromatic carbocycles. The highest BCUT2D eigenvalue weighted by molar-refractivity contribution is 7.78. The molecule has 0 saturated heterocycles. The minimum atomic E-state index is 0.709. The second-order valence-electron chi connectivity index (χ2n) is 1.92. The quantitative estimate of drug-likeness (QED) is 0.353. The van der Waals surface area contributed by atoms with E-state index in [-0.39, 0.29) is 0 Å². The number of unbranched alkanes of at least 4 members (excludes halogenated alkanes) is 2. The Morgan fingerprint density at radius 3 is 2.67 bits per heavy atom. The van der Waals surface area contributed by atoms with E-state index in [0.29, 0.717) is 6.54 Å². The van der Waals surface area contributed by atoms with Crippen molar-refractivity contribution < 1.29 is 4.79 Å². The summed E-state index contributed by atoms with van der Waals surface area (Å²) in [6, 6.07) is 0. The van der Waals surface area contributed by atoms with Crippen LogP contribution >= 0.6 is 12.8 Å². The van der Waals surface area contributed by atoms with Crippen molar-refractivity contribution in [2.24, 2.45) is 0 Å². The highest BCUT2D eigenvalue weighted by atomic mass is 32.1. The first kappa shape index (κ1) is 8.82. The van der Waals surface area contributed by atoms with Crippen molar-refractivity contribution in [2.75, 3.05) is 6.54 Å². The highest BCUT2D eigenvalue weighted by Gasteiger charge is 1.92. The topological polar surface area (TPSA) is 20.3 Å². The molecule has 3 heteroatoms. The average Bonchev–Trinajstić information content (AvgIpc) is 1.89. The molecule has 0 bridgehead atoms. The number of nitrogens with zero attached hydrogens (tertiary/aromatic N) is 1. The summed E-state index contributed by atoms with van der Waals surface area (Å²) in [5.74, 6) is 0. The Bertz CT molecular complexity index is 77.5. The van der Waals surface area contributed by atoms with E-state index in [4.69, 9.17) is 0 Å². The molecule has 0 heterocycles. The fourth-order valence-corrected chi connectivity index (χ4v) is 0.699. The number of hydrogen-bond acceptors (Lipinski definition) is 2. The number of amides is 1. The highest BCUT2D eigenvalue weighted by Crippen LogP contribution is 1.97. The van der Waals surface area contributed by atoms with Crippen LogP contribution in [0.3, 0.4) is 0 Å². The number of rotatable bonds is 5. The maximum absolute atomic E-state index is 9.82. The van der Waals surface area contributed by atoms with E-state index in [2.05, 4.69) is 19.7 Å². The molecule has 0 aromatic rings. The van der Waals surface area contributed by atoms with E-state index in [1.54, 1.807) is 6.41 Å². The molecule has 0 N–H and O–H groups in total. The Kier molecular flexibility index (Phi) is 5.83. The molecule has 0 aliphatic heterocycles. The second kappa shape index (κ2) is 5.95. The van der Waals surface area contributed by atoms with Crippen molar-refractivity contribution in [3.8, 4) is 0 Å². The summed E-state index contributed by atoms with van der Waals surface area (Å²) < 4.78 is 1.25. The zero-order valence-electron chi connectivity index (χ0n) is 5.63. The second-order valence-corrected chi connectivity index (χ2v) is 2.40. The van der Waals surface area contributed by atoms with Gasteiger partial charge in [0.2, 0.25) is 0 Å². The van der Waals surface area contributed by atoms with Gasteiger partial charge in [0, 0.05) is 6.54 Å². The summed E-state index contributed by atoms with van der Waals surface area (Å²) in [6.45, 7) is 2.83. The Morgan fingerprint density at radius 2 is 2.22 bits per heavy atom. The largest absolute Gasteiger partial charge is 0.322 e. The molecule has 0 aliphatic carbocycles. The van der Waals surface area contributed by atoms with Crippen LogP contribution in [-0.4, -0.2) is 17.3 Å². The third-order valence-electron chi connectivity index (χ3n) is 1.08. The Hall–Kier alpha value is -0.180. The van der Waals surface area contributed by atoms with E-state index in [0.717, 1.165) is 12.8 Å². The Balaban J connectivity index is 2.96. The molecule has 0 rings (SSSR count). The summed E-state index contributed by atoms with van der Waals surface area (Å²) in [5.41, 5.74) is 0. The molecular formula is C6H12NOS. The average molecular weight is 146 g/mol. The smallest absolute Gasteiger partial charge is 0.281 e. The third-order valence-corrected chi connectivity index (χ3v) is 1.36. The standard InChI is InChI=1S/C6H12NOS/c1-2-3-4-5-7(9)6-8/h9H,2-5H2,1H3. The first-order chi connectivity index (χ1) is 4.31. The molecule has 1 amide bonds. The van der Waals surface area contributed by atoms with E-state index < -0.39 is 0 Å². The van der Waals surface area contributed by atoms with Crippen LogP contribution in [0, 0.1) is 0 Å². The molecular weight excluding hydrogens is 134 g/mol. The fraction of sp³-hybridized carbons (Fsp3) is 0.833. The van der Waals surface area contributed by atoms with Crippen LogP contribution in [0.25, 0.3) is 0 Å². The van der Waals surface area contributed by atoms with Crippen molar-refractivity contribution in [3.05, 3.63) is 0 Å². The minimum absolute atomic E-state index is 0.709. The maximum Gasteiger partial charge on any atom is 0.322 e. The predicted molar refractivity (Wildman–Crippen MR) is 40.9 cm³/mol. The van der Waals surface area contributed by atoms with Crippen LogP contribution in [0.15, 0.2) is 0 Å². The summed E-state index contributed by atoms with van der Waals surface area (Å²) >= 11 is 3.81. The van der Waals surface area contributed by atoms with Gasteiger partial charge in [0.05, 0.1) is 0 Å². The molecule has 0 aromatic heterocycles.